The zero-order chi connectivity index (χ0) is 21.6. The van der Waals surface area contributed by atoms with Crippen molar-refractivity contribution in [3.63, 3.8) is 0 Å². The third-order valence-corrected chi connectivity index (χ3v) is 7.07. The Morgan fingerprint density at radius 1 is 1.10 bits per heavy atom. The van der Waals surface area contributed by atoms with Crippen LogP contribution in [0.4, 0.5) is 5.69 Å². The van der Waals surface area contributed by atoms with E-state index >= 15 is 0 Å². The number of halogens is 1. The summed E-state index contributed by atoms with van der Waals surface area (Å²) in [5.41, 5.74) is 1.24. The van der Waals surface area contributed by atoms with E-state index < -0.39 is 10.0 Å². The lowest BCUT2D eigenvalue weighted by atomic mass is 10.1. The summed E-state index contributed by atoms with van der Waals surface area (Å²) < 4.78 is 32.7. The van der Waals surface area contributed by atoms with Crippen molar-refractivity contribution in [2.24, 2.45) is 0 Å². The molecule has 0 saturated carbocycles. The standard InChI is InChI=1S/C22H27ClN2O4S/c1-2-14-29-21-11-8-18(23)16-20(21)24-22(26)15-17-6-9-19(10-7-17)30(27,28)25-12-4-3-5-13-25/h6-11,16H,2-5,12-15H2,1H3,(H,24,26). The van der Waals surface area contributed by atoms with E-state index in [1.165, 1.54) is 4.31 Å². The minimum atomic E-state index is -3.47. The number of benzene rings is 2. The Bertz CT molecular complexity index is 971. The van der Waals surface area contributed by atoms with Crippen LogP contribution in [0.1, 0.15) is 38.2 Å². The van der Waals surface area contributed by atoms with Crippen molar-refractivity contribution < 1.29 is 17.9 Å². The monoisotopic (exact) mass is 450 g/mol. The largest absolute Gasteiger partial charge is 0.491 e. The summed E-state index contributed by atoms with van der Waals surface area (Å²) in [6, 6.07) is 11.6. The molecule has 162 valence electrons. The molecule has 1 fully saturated rings. The van der Waals surface area contributed by atoms with Crippen molar-refractivity contribution in [2.75, 3.05) is 25.0 Å². The maximum Gasteiger partial charge on any atom is 0.243 e. The molecule has 0 spiro atoms. The first kappa shape index (κ1) is 22.6. The fourth-order valence-corrected chi connectivity index (χ4v) is 5.04. The van der Waals surface area contributed by atoms with Crippen LogP contribution in [0.25, 0.3) is 0 Å². The van der Waals surface area contributed by atoms with Gasteiger partial charge in [-0.15, -0.1) is 0 Å². The topological polar surface area (TPSA) is 75.7 Å². The predicted molar refractivity (Wildman–Crippen MR) is 119 cm³/mol. The molecule has 0 atom stereocenters. The number of carbonyl (C=O) groups is 1. The number of ether oxygens (including phenoxy) is 1. The number of carbonyl (C=O) groups excluding carboxylic acids is 1. The molecule has 0 bridgehead atoms. The lowest BCUT2D eigenvalue weighted by molar-refractivity contribution is -0.115. The fraction of sp³-hybridized carbons (Fsp3) is 0.409. The lowest BCUT2D eigenvalue weighted by Crippen LogP contribution is -2.35. The van der Waals surface area contributed by atoms with Gasteiger partial charge in [0, 0.05) is 18.1 Å². The molecule has 6 nitrogen and oxygen atoms in total. The van der Waals surface area contributed by atoms with Gasteiger partial charge in [-0.25, -0.2) is 8.42 Å². The highest BCUT2D eigenvalue weighted by atomic mass is 35.5. The minimum Gasteiger partial charge on any atom is -0.491 e. The molecule has 1 aliphatic rings. The van der Waals surface area contributed by atoms with E-state index in [4.69, 9.17) is 16.3 Å². The van der Waals surface area contributed by atoms with Gasteiger partial charge in [0.1, 0.15) is 5.75 Å². The first-order valence-corrected chi connectivity index (χ1v) is 12.0. The average molecular weight is 451 g/mol. The second-order valence-electron chi connectivity index (χ2n) is 7.32. The van der Waals surface area contributed by atoms with Crippen LogP contribution in [0.5, 0.6) is 5.75 Å². The van der Waals surface area contributed by atoms with E-state index in [0.29, 0.717) is 36.2 Å². The Labute approximate surface area is 183 Å². The van der Waals surface area contributed by atoms with Gasteiger partial charge in [0.25, 0.3) is 0 Å². The summed E-state index contributed by atoms with van der Waals surface area (Å²) in [7, 11) is -3.47. The quantitative estimate of drug-likeness (QED) is 0.643. The number of amides is 1. The molecule has 2 aromatic rings. The van der Waals surface area contributed by atoms with Crippen LogP contribution in [-0.4, -0.2) is 38.3 Å². The number of nitrogens with zero attached hydrogens (tertiary/aromatic N) is 1. The smallest absolute Gasteiger partial charge is 0.243 e. The molecule has 0 aromatic heterocycles. The van der Waals surface area contributed by atoms with Crippen molar-refractivity contribution in [1.82, 2.24) is 4.31 Å². The van der Waals surface area contributed by atoms with Gasteiger partial charge in [-0.3, -0.25) is 4.79 Å². The van der Waals surface area contributed by atoms with Crippen LogP contribution in [0.2, 0.25) is 5.02 Å². The number of sulfonamides is 1. The number of hydrogen-bond acceptors (Lipinski definition) is 4. The number of hydrogen-bond donors (Lipinski definition) is 1. The SMILES string of the molecule is CCCOc1ccc(Cl)cc1NC(=O)Cc1ccc(S(=O)(=O)N2CCCCC2)cc1. The van der Waals surface area contributed by atoms with Gasteiger partial charge in [-0.1, -0.05) is 37.1 Å². The van der Waals surface area contributed by atoms with Gasteiger partial charge in [-0.05, 0) is 55.2 Å². The van der Waals surface area contributed by atoms with Gasteiger partial charge in [0.2, 0.25) is 15.9 Å². The Morgan fingerprint density at radius 2 is 1.80 bits per heavy atom. The van der Waals surface area contributed by atoms with Crippen LogP contribution in [-0.2, 0) is 21.2 Å². The van der Waals surface area contributed by atoms with Crippen LogP contribution in [0.3, 0.4) is 0 Å². The highest BCUT2D eigenvalue weighted by Gasteiger charge is 2.25. The van der Waals surface area contributed by atoms with Gasteiger partial charge >= 0.3 is 0 Å². The molecule has 0 unspecified atom stereocenters. The molecule has 1 aliphatic heterocycles. The highest BCUT2D eigenvalue weighted by molar-refractivity contribution is 7.89. The van der Waals surface area contributed by atoms with Crippen molar-refractivity contribution in [3.05, 3.63) is 53.1 Å². The summed E-state index contributed by atoms with van der Waals surface area (Å²) in [6.07, 6.45) is 3.82. The molecule has 1 heterocycles. The molecule has 8 heteroatoms. The lowest BCUT2D eigenvalue weighted by Gasteiger charge is -2.25. The molecule has 1 amide bonds. The van der Waals surface area contributed by atoms with E-state index in [1.807, 2.05) is 6.92 Å². The second-order valence-corrected chi connectivity index (χ2v) is 9.70. The third-order valence-electron chi connectivity index (χ3n) is 4.92. The summed E-state index contributed by atoms with van der Waals surface area (Å²) in [4.78, 5) is 12.8. The molecule has 1 saturated heterocycles. The highest BCUT2D eigenvalue weighted by Crippen LogP contribution is 2.28. The van der Waals surface area contributed by atoms with E-state index in [9.17, 15) is 13.2 Å². The number of rotatable bonds is 8. The van der Waals surface area contributed by atoms with Crippen LogP contribution in [0.15, 0.2) is 47.4 Å². The summed E-state index contributed by atoms with van der Waals surface area (Å²) in [5.74, 6) is 0.336. The molecule has 2 aromatic carbocycles. The van der Waals surface area contributed by atoms with Gasteiger partial charge < -0.3 is 10.1 Å². The molecular weight excluding hydrogens is 424 g/mol. The number of piperidine rings is 1. The zero-order valence-electron chi connectivity index (χ0n) is 17.1. The summed E-state index contributed by atoms with van der Waals surface area (Å²) in [6.45, 7) is 3.67. The van der Waals surface area contributed by atoms with Crippen LogP contribution in [0, 0.1) is 0 Å². The van der Waals surface area contributed by atoms with Gasteiger partial charge in [-0.2, -0.15) is 4.31 Å². The van der Waals surface area contributed by atoms with Gasteiger partial charge in [0.15, 0.2) is 0 Å². The van der Waals surface area contributed by atoms with E-state index in [1.54, 1.807) is 42.5 Å². The third kappa shape index (κ3) is 5.74. The second kappa shape index (κ2) is 10.3. The molecule has 30 heavy (non-hydrogen) atoms. The zero-order valence-corrected chi connectivity index (χ0v) is 18.6. The maximum atomic E-state index is 12.7. The first-order chi connectivity index (χ1) is 14.4. The first-order valence-electron chi connectivity index (χ1n) is 10.2. The molecular formula is C22H27ClN2O4S. The predicted octanol–water partition coefficient (Wildman–Crippen LogP) is 4.48. The average Bonchev–Trinajstić information content (AvgIpc) is 2.74. The van der Waals surface area contributed by atoms with Crippen LogP contribution < -0.4 is 10.1 Å². The molecule has 3 rings (SSSR count). The Morgan fingerprint density at radius 3 is 2.47 bits per heavy atom. The van der Waals surface area contributed by atoms with Crippen molar-refractivity contribution in [3.8, 4) is 5.75 Å². The Hall–Kier alpha value is -2.09. The van der Waals surface area contributed by atoms with E-state index in [0.717, 1.165) is 31.2 Å². The number of anilines is 1. The summed E-state index contributed by atoms with van der Waals surface area (Å²) >= 11 is 6.05. The van der Waals surface area contributed by atoms with E-state index in [-0.39, 0.29) is 17.2 Å². The molecule has 0 radical (unpaired) electrons. The van der Waals surface area contributed by atoms with Crippen molar-refractivity contribution >= 4 is 33.2 Å². The minimum absolute atomic E-state index is 0.115. The Kier molecular flexibility index (Phi) is 7.75. The molecule has 0 aliphatic carbocycles. The van der Waals surface area contributed by atoms with E-state index in [2.05, 4.69) is 5.32 Å². The molecule has 1 N–H and O–H groups in total. The summed E-state index contributed by atoms with van der Waals surface area (Å²) in [5, 5.41) is 3.33. The fourth-order valence-electron chi connectivity index (χ4n) is 3.35. The van der Waals surface area contributed by atoms with Crippen molar-refractivity contribution in [2.45, 2.75) is 43.9 Å². The Balaban J connectivity index is 1.66. The van der Waals surface area contributed by atoms with Crippen molar-refractivity contribution in [1.29, 1.82) is 0 Å². The maximum absolute atomic E-state index is 12.7. The number of nitrogens with one attached hydrogen (secondary N) is 1. The normalized spacial score (nSPS) is 15.0. The van der Waals surface area contributed by atoms with Crippen LogP contribution >= 0.6 is 11.6 Å². The van der Waals surface area contributed by atoms with Gasteiger partial charge in [0.05, 0.1) is 23.6 Å².